The summed E-state index contributed by atoms with van der Waals surface area (Å²) in [6.07, 6.45) is 0. The van der Waals surface area contributed by atoms with E-state index in [0.717, 1.165) is 27.2 Å². The molecule has 0 bridgehead atoms. The van der Waals surface area contributed by atoms with Gasteiger partial charge in [0.2, 0.25) is 0 Å². The number of halogens is 1. The fourth-order valence-corrected chi connectivity index (χ4v) is 1.61. The zero-order chi connectivity index (χ0) is 10.1. The Morgan fingerprint density at radius 2 is 2.00 bits per heavy atom. The van der Waals surface area contributed by atoms with Crippen LogP contribution in [-0.4, -0.2) is 4.98 Å². The number of aryl methyl sites for hydroxylation is 1. The molecular formula is C11H11ClN2. The van der Waals surface area contributed by atoms with Crippen molar-refractivity contribution in [2.24, 2.45) is 5.73 Å². The number of nitrogens with two attached hydrogens (primary N) is 1. The third-order valence-corrected chi connectivity index (χ3v) is 2.73. The van der Waals surface area contributed by atoms with Gasteiger partial charge in [-0.3, -0.25) is 4.98 Å². The fourth-order valence-electron chi connectivity index (χ4n) is 1.46. The van der Waals surface area contributed by atoms with Crippen LogP contribution in [0.25, 0.3) is 10.9 Å². The molecule has 1 aromatic heterocycles. The SMILES string of the molecule is Cc1c(Cl)ccc2ccc(CN)nc12. The third-order valence-electron chi connectivity index (χ3n) is 2.32. The zero-order valence-corrected chi connectivity index (χ0v) is 8.67. The average Bonchev–Trinajstić information content (AvgIpc) is 2.23. The molecule has 0 fully saturated rings. The van der Waals surface area contributed by atoms with Gasteiger partial charge in [0.05, 0.1) is 11.2 Å². The Morgan fingerprint density at radius 3 is 2.71 bits per heavy atom. The van der Waals surface area contributed by atoms with Crippen molar-refractivity contribution in [1.82, 2.24) is 4.98 Å². The van der Waals surface area contributed by atoms with Crippen LogP contribution < -0.4 is 5.73 Å². The lowest BCUT2D eigenvalue weighted by atomic mass is 10.1. The largest absolute Gasteiger partial charge is 0.325 e. The van der Waals surface area contributed by atoms with Crippen molar-refractivity contribution in [2.75, 3.05) is 0 Å². The van der Waals surface area contributed by atoms with E-state index in [1.54, 1.807) is 0 Å². The minimum atomic E-state index is 0.460. The predicted octanol–water partition coefficient (Wildman–Crippen LogP) is 2.66. The number of hydrogen-bond acceptors (Lipinski definition) is 2. The number of rotatable bonds is 1. The molecule has 1 heterocycles. The topological polar surface area (TPSA) is 38.9 Å². The molecule has 3 heteroatoms. The summed E-state index contributed by atoms with van der Waals surface area (Å²) in [7, 11) is 0. The molecule has 0 unspecified atom stereocenters. The van der Waals surface area contributed by atoms with E-state index >= 15 is 0 Å². The van der Waals surface area contributed by atoms with Gasteiger partial charge in [-0.2, -0.15) is 0 Å². The molecule has 0 saturated carbocycles. The van der Waals surface area contributed by atoms with Gasteiger partial charge in [-0.1, -0.05) is 23.7 Å². The van der Waals surface area contributed by atoms with Crippen LogP contribution >= 0.6 is 11.6 Å². The lowest BCUT2D eigenvalue weighted by Gasteiger charge is -2.04. The zero-order valence-electron chi connectivity index (χ0n) is 7.92. The minimum Gasteiger partial charge on any atom is -0.325 e. The smallest absolute Gasteiger partial charge is 0.0749 e. The second-order valence-electron chi connectivity index (χ2n) is 3.25. The Balaban J connectivity index is 2.78. The number of hydrogen-bond donors (Lipinski definition) is 1. The molecule has 72 valence electrons. The van der Waals surface area contributed by atoms with E-state index in [1.165, 1.54) is 0 Å². The Bertz CT molecular complexity index is 480. The first-order valence-electron chi connectivity index (χ1n) is 4.47. The Hall–Kier alpha value is -1.12. The molecular weight excluding hydrogens is 196 g/mol. The molecule has 0 aliphatic carbocycles. The molecule has 0 spiro atoms. The van der Waals surface area contributed by atoms with Crippen LogP contribution in [0.2, 0.25) is 5.02 Å². The molecule has 0 amide bonds. The second kappa shape index (κ2) is 3.56. The van der Waals surface area contributed by atoms with Gasteiger partial charge < -0.3 is 5.73 Å². The normalized spacial score (nSPS) is 10.8. The molecule has 2 aromatic rings. The molecule has 0 radical (unpaired) electrons. The summed E-state index contributed by atoms with van der Waals surface area (Å²) in [5.74, 6) is 0. The van der Waals surface area contributed by atoms with E-state index in [9.17, 15) is 0 Å². The van der Waals surface area contributed by atoms with E-state index in [2.05, 4.69) is 4.98 Å². The summed E-state index contributed by atoms with van der Waals surface area (Å²) >= 11 is 6.01. The third kappa shape index (κ3) is 1.47. The summed E-state index contributed by atoms with van der Waals surface area (Å²) in [5, 5.41) is 1.85. The van der Waals surface area contributed by atoms with E-state index in [-0.39, 0.29) is 0 Å². The molecule has 0 aliphatic heterocycles. The van der Waals surface area contributed by atoms with Crippen molar-refractivity contribution >= 4 is 22.5 Å². The molecule has 14 heavy (non-hydrogen) atoms. The van der Waals surface area contributed by atoms with Gasteiger partial charge in [-0.15, -0.1) is 0 Å². The minimum absolute atomic E-state index is 0.460. The number of fused-ring (bicyclic) bond motifs is 1. The second-order valence-corrected chi connectivity index (χ2v) is 3.66. The van der Waals surface area contributed by atoms with Gasteiger partial charge in [0.1, 0.15) is 0 Å². The van der Waals surface area contributed by atoms with Crippen LogP contribution in [0.3, 0.4) is 0 Å². The monoisotopic (exact) mass is 206 g/mol. The fraction of sp³-hybridized carbons (Fsp3) is 0.182. The van der Waals surface area contributed by atoms with Gasteiger partial charge in [-0.05, 0) is 24.6 Å². The number of pyridine rings is 1. The molecule has 2 nitrogen and oxygen atoms in total. The molecule has 2 rings (SSSR count). The van der Waals surface area contributed by atoms with Crippen molar-refractivity contribution in [3.63, 3.8) is 0 Å². The highest BCUT2D eigenvalue weighted by Crippen LogP contribution is 2.23. The van der Waals surface area contributed by atoms with Gasteiger partial charge in [0.15, 0.2) is 0 Å². The van der Waals surface area contributed by atoms with Crippen molar-refractivity contribution in [3.05, 3.63) is 40.5 Å². The van der Waals surface area contributed by atoms with Crippen molar-refractivity contribution in [2.45, 2.75) is 13.5 Å². The number of nitrogens with zero attached hydrogens (tertiary/aromatic N) is 1. The van der Waals surface area contributed by atoms with Gasteiger partial charge >= 0.3 is 0 Å². The highest BCUT2D eigenvalue weighted by atomic mass is 35.5. The maximum absolute atomic E-state index is 6.01. The van der Waals surface area contributed by atoms with Gasteiger partial charge in [0.25, 0.3) is 0 Å². The van der Waals surface area contributed by atoms with Crippen LogP contribution in [0.15, 0.2) is 24.3 Å². The van der Waals surface area contributed by atoms with Gasteiger partial charge in [0, 0.05) is 17.0 Å². The summed E-state index contributed by atoms with van der Waals surface area (Å²) < 4.78 is 0. The standard InChI is InChI=1S/C11H11ClN2/c1-7-10(12)5-3-8-2-4-9(6-13)14-11(7)8/h2-5H,6,13H2,1H3. The van der Waals surface area contributed by atoms with Crippen LogP contribution in [0.1, 0.15) is 11.3 Å². The van der Waals surface area contributed by atoms with Crippen molar-refractivity contribution < 1.29 is 0 Å². The lowest BCUT2D eigenvalue weighted by molar-refractivity contribution is 1.00. The van der Waals surface area contributed by atoms with Gasteiger partial charge in [-0.25, -0.2) is 0 Å². The van der Waals surface area contributed by atoms with E-state index in [0.29, 0.717) is 6.54 Å². The summed E-state index contributed by atoms with van der Waals surface area (Å²) in [4.78, 5) is 4.44. The lowest BCUT2D eigenvalue weighted by Crippen LogP contribution is -1.99. The first-order valence-corrected chi connectivity index (χ1v) is 4.85. The maximum Gasteiger partial charge on any atom is 0.0749 e. The van der Waals surface area contributed by atoms with E-state index in [1.807, 2.05) is 31.2 Å². The summed E-state index contributed by atoms with van der Waals surface area (Å²) in [5.41, 5.74) is 8.38. The predicted molar refractivity (Wildman–Crippen MR) is 59.4 cm³/mol. The van der Waals surface area contributed by atoms with Crippen LogP contribution in [0.4, 0.5) is 0 Å². The molecule has 0 atom stereocenters. The number of aromatic nitrogens is 1. The first-order chi connectivity index (χ1) is 6.72. The molecule has 0 saturated heterocycles. The van der Waals surface area contributed by atoms with Crippen molar-refractivity contribution in [3.8, 4) is 0 Å². The highest BCUT2D eigenvalue weighted by Gasteiger charge is 2.03. The molecule has 2 N–H and O–H groups in total. The molecule has 0 aliphatic rings. The Kier molecular flexibility index (Phi) is 2.40. The van der Waals surface area contributed by atoms with E-state index in [4.69, 9.17) is 17.3 Å². The molecule has 1 aromatic carbocycles. The Labute approximate surface area is 87.7 Å². The average molecular weight is 207 g/mol. The maximum atomic E-state index is 6.01. The van der Waals surface area contributed by atoms with Crippen molar-refractivity contribution in [1.29, 1.82) is 0 Å². The van der Waals surface area contributed by atoms with E-state index < -0.39 is 0 Å². The summed E-state index contributed by atoms with van der Waals surface area (Å²) in [6, 6.07) is 7.82. The summed E-state index contributed by atoms with van der Waals surface area (Å²) in [6.45, 7) is 2.43. The highest BCUT2D eigenvalue weighted by molar-refractivity contribution is 6.32. The Morgan fingerprint density at radius 1 is 1.29 bits per heavy atom. The number of benzene rings is 1. The quantitative estimate of drug-likeness (QED) is 0.779. The van der Waals surface area contributed by atoms with Crippen LogP contribution in [0, 0.1) is 6.92 Å². The van der Waals surface area contributed by atoms with Crippen LogP contribution in [-0.2, 0) is 6.54 Å². The van der Waals surface area contributed by atoms with Crippen LogP contribution in [0.5, 0.6) is 0 Å². The first kappa shape index (κ1) is 9.44.